The average molecular weight is 412 g/mol. The van der Waals surface area contributed by atoms with Crippen LogP contribution < -0.4 is 5.32 Å². The molecule has 0 rings (SSSR count). The van der Waals surface area contributed by atoms with Crippen LogP contribution in [0.4, 0.5) is 4.79 Å². The largest absolute Gasteiger partial charge is 0.466 e. The van der Waals surface area contributed by atoms with Crippen LogP contribution in [-0.4, -0.2) is 56.1 Å². The number of hydrogen-bond acceptors (Lipinski definition) is 7. The van der Waals surface area contributed by atoms with Crippen LogP contribution in [0.5, 0.6) is 0 Å². The maximum Gasteiger partial charge on any atom is 0.407 e. The molecule has 0 aliphatic carbocycles. The van der Waals surface area contributed by atoms with Gasteiger partial charge in [0.1, 0.15) is 6.61 Å². The lowest BCUT2D eigenvalue weighted by Gasteiger charge is -2.05. The van der Waals surface area contributed by atoms with E-state index in [0.29, 0.717) is 19.8 Å². The summed E-state index contributed by atoms with van der Waals surface area (Å²) in [6.45, 7) is 12.0. The number of ether oxygens (including phenoxy) is 3. The first-order chi connectivity index (χ1) is 11.9. The number of amides is 1. The molecule has 0 fully saturated rings. The minimum atomic E-state index is -0.506. The Morgan fingerprint density at radius 3 is 1.68 bits per heavy atom. The summed E-state index contributed by atoms with van der Waals surface area (Å²) >= 11 is 0. The third-order valence-corrected chi connectivity index (χ3v) is 1.95. The van der Waals surface area contributed by atoms with E-state index in [1.807, 2.05) is 20.8 Å². The van der Waals surface area contributed by atoms with E-state index in [1.165, 1.54) is 6.92 Å². The molecule has 0 unspecified atom stereocenters. The monoisotopic (exact) mass is 411 g/mol. The van der Waals surface area contributed by atoms with Crippen LogP contribution in [0.3, 0.4) is 0 Å². The highest BCUT2D eigenvalue weighted by atomic mass is 16.6. The summed E-state index contributed by atoms with van der Waals surface area (Å²) in [4.78, 5) is 31.3. The lowest BCUT2D eigenvalue weighted by molar-refractivity contribution is -0.141. The van der Waals surface area contributed by atoms with Crippen LogP contribution in [0.25, 0.3) is 0 Å². The van der Waals surface area contributed by atoms with Crippen molar-refractivity contribution in [1.82, 2.24) is 5.32 Å². The zero-order valence-corrected chi connectivity index (χ0v) is 15.8. The molecule has 0 aromatic heterocycles. The molecule has 0 aliphatic rings. The van der Waals surface area contributed by atoms with Crippen LogP contribution in [0.2, 0.25) is 0 Å². The molecule has 0 aromatic carbocycles. The number of alkyl carbamates (subject to hydrolysis) is 1. The highest BCUT2D eigenvalue weighted by Crippen LogP contribution is 1.82. The highest BCUT2D eigenvalue weighted by Gasteiger charge is 2.00. The summed E-state index contributed by atoms with van der Waals surface area (Å²) < 4.78 is 13.9. The molecule has 0 saturated carbocycles. The average Bonchev–Trinajstić information content (AvgIpc) is 2.62. The maximum absolute atomic E-state index is 10.8. The minimum Gasteiger partial charge on any atom is -0.466 e. The van der Waals surface area contributed by atoms with E-state index >= 15 is 0 Å². The van der Waals surface area contributed by atoms with Gasteiger partial charge in [0.05, 0.1) is 19.8 Å². The third kappa shape index (κ3) is 49.6. The molecule has 172 valence electrons. The molecule has 0 heterocycles. The first-order valence-corrected chi connectivity index (χ1v) is 8.33. The Morgan fingerprint density at radius 1 is 0.893 bits per heavy atom. The van der Waals surface area contributed by atoms with Crippen molar-refractivity contribution in [3.63, 3.8) is 0 Å². The third-order valence-electron chi connectivity index (χ3n) is 1.95. The van der Waals surface area contributed by atoms with Crippen molar-refractivity contribution in [3.05, 3.63) is 12.7 Å². The Kier molecular flexibility index (Phi) is 52.0. The lowest BCUT2D eigenvalue weighted by Crippen LogP contribution is -2.28. The first-order valence-electron chi connectivity index (χ1n) is 8.33. The summed E-state index contributed by atoms with van der Waals surface area (Å²) in [5.74, 6) is -0.699. The number of carbonyl (C=O) groups excluding carboxylic acids is 3. The second kappa shape index (κ2) is 35.9. The van der Waals surface area contributed by atoms with Crippen molar-refractivity contribution in [2.45, 2.75) is 69.2 Å². The van der Waals surface area contributed by atoms with Crippen molar-refractivity contribution >= 4 is 18.0 Å². The van der Waals surface area contributed by atoms with Gasteiger partial charge in [0.25, 0.3) is 0 Å². The van der Waals surface area contributed by atoms with Gasteiger partial charge in [0.15, 0.2) is 0 Å². The van der Waals surface area contributed by atoms with Crippen molar-refractivity contribution in [2.75, 3.05) is 33.0 Å². The van der Waals surface area contributed by atoms with E-state index in [1.54, 1.807) is 0 Å². The van der Waals surface area contributed by atoms with E-state index in [2.05, 4.69) is 21.4 Å². The molecule has 0 saturated heterocycles. The van der Waals surface area contributed by atoms with Crippen molar-refractivity contribution in [2.24, 2.45) is 0 Å². The predicted octanol–water partition coefficient (Wildman–Crippen LogP) is 4.11. The molecule has 0 bridgehead atoms. The first kappa shape index (κ1) is 40.6. The van der Waals surface area contributed by atoms with Crippen molar-refractivity contribution in [3.8, 4) is 0 Å². The molecule has 1 amide bonds. The molecule has 2 N–H and O–H groups in total. The van der Waals surface area contributed by atoms with Gasteiger partial charge in [-0.25, -0.2) is 9.59 Å². The number of nitrogens with one attached hydrogen (secondary N) is 1. The van der Waals surface area contributed by atoms with Crippen LogP contribution in [0.15, 0.2) is 12.7 Å². The van der Waals surface area contributed by atoms with E-state index in [0.717, 1.165) is 25.3 Å². The quantitative estimate of drug-likeness (QED) is 0.254. The zero-order valence-electron chi connectivity index (χ0n) is 15.8. The molecule has 28 heavy (non-hydrogen) atoms. The second-order valence-electron chi connectivity index (χ2n) is 4.50. The van der Waals surface area contributed by atoms with E-state index < -0.39 is 12.1 Å². The Hall–Kier alpha value is -2.09. The van der Waals surface area contributed by atoms with Gasteiger partial charge >= 0.3 is 18.0 Å². The maximum atomic E-state index is 10.8. The number of aliphatic hydroxyl groups is 1. The van der Waals surface area contributed by atoms with Gasteiger partial charge in [-0.3, -0.25) is 4.79 Å². The Bertz CT molecular complexity index is 345. The fourth-order valence-electron chi connectivity index (χ4n) is 0.855. The van der Waals surface area contributed by atoms with E-state index in [-0.39, 0.29) is 41.4 Å². The molecular formula is C20H45NO7. The molecule has 8 nitrogen and oxygen atoms in total. The van der Waals surface area contributed by atoms with Crippen LogP contribution in [0.1, 0.15) is 69.2 Å². The van der Waals surface area contributed by atoms with E-state index in [4.69, 9.17) is 9.84 Å². The van der Waals surface area contributed by atoms with Gasteiger partial charge in [-0.05, 0) is 19.3 Å². The van der Waals surface area contributed by atoms with Crippen LogP contribution >= 0.6 is 0 Å². The van der Waals surface area contributed by atoms with E-state index in [9.17, 15) is 14.4 Å². The summed E-state index contributed by atoms with van der Waals surface area (Å²) in [7, 11) is 0. The topological polar surface area (TPSA) is 111 Å². The molecule has 0 radical (unpaired) electrons. The Morgan fingerprint density at radius 2 is 1.36 bits per heavy atom. The molecule has 0 aliphatic heterocycles. The summed E-state index contributed by atoms with van der Waals surface area (Å²) in [6.07, 6.45) is 3.12. The summed E-state index contributed by atoms with van der Waals surface area (Å²) in [6, 6.07) is 0. The smallest absolute Gasteiger partial charge is 0.407 e. The fourth-order valence-corrected chi connectivity index (χ4v) is 0.855. The molecular weight excluding hydrogens is 366 g/mol. The van der Waals surface area contributed by atoms with Gasteiger partial charge in [-0.15, -0.1) is 0 Å². The molecule has 0 aromatic rings. The van der Waals surface area contributed by atoms with Crippen molar-refractivity contribution < 1.29 is 33.7 Å². The number of hydrogen-bond donors (Lipinski definition) is 2. The van der Waals surface area contributed by atoms with Crippen LogP contribution in [-0.2, 0) is 23.8 Å². The lowest BCUT2D eigenvalue weighted by atomic mass is 10.5. The Balaban J connectivity index is -0.0000000737. The molecule has 8 heteroatoms. The second-order valence-corrected chi connectivity index (χ2v) is 4.50. The van der Waals surface area contributed by atoms with Gasteiger partial charge in [-0.2, -0.15) is 0 Å². The van der Waals surface area contributed by atoms with Gasteiger partial charge in [0.2, 0.25) is 0 Å². The zero-order chi connectivity index (χ0) is 19.9. The summed E-state index contributed by atoms with van der Waals surface area (Å²) in [5, 5.41) is 10.3. The number of carbonyl (C=O) groups is 3. The minimum absolute atomic E-state index is 0. The number of rotatable bonds is 9. The number of esters is 2. The molecule has 0 atom stereocenters. The van der Waals surface area contributed by atoms with Gasteiger partial charge in [-0.1, -0.05) is 49.6 Å². The number of aliphatic hydroxyl groups excluding tert-OH is 1. The standard InChI is InChI=1S/C9H15NO4.C5H10O2.C3H8O.3CH4/c1-3-6-14-9(12)10-5-7-13-8(11)4-2;1-3-4-7-5(2)6;1-2-3-4;;;/h4H,2-3,5-7H2,1H3,(H,10,12);3-4H2,1-2H3;4H,2-3H2,1H3;3*1H4. The summed E-state index contributed by atoms with van der Waals surface area (Å²) in [5.41, 5.74) is 0. The van der Waals surface area contributed by atoms with Crippen molar-refractivity contribution in [1.29, 1.82) is 0 Å². The predicted molar refractivity (Wildman–Crippen MR) is 115 cm³/mol. The molecule has 0 spiro atoms. The van der Waals surface area contributed by atoms with Crippen LogP contribution in [0, 0.1) is 0 Å². The fraction of sp³-hybridized carbons (Fsp3) is 0.750. The normalized spacial score (nSPS) is 7.61. The SMILES string of the molecule is C.C.C.C=CC(=O)OCCNC(=O)OCCC.CCCO.CCCOC(C)=O. The van der Waals surface area contributed by atoms with Gasteiger partial charge in [0, 0.05) is 19.6 Å². The Labute approximate surface area is 172 Å². The van der Waals surface area contributed by atoms with Gasteiger partial charge < -0.3 is 24.6 Å². The highest BCUT2D eigenvalue weighted by molar-refractivity contribution is 5.81.